The Morgan fingerprint density at radius 2 is 1.97 bits per heavy atom. The molecule has 1 saturated carbocycles. The van der Waals surface area contributed by atoms with E-state index >= 15 is 4.39 Å². The fourth-order valence-electron chi connectivity index (χ4n) is 5.84. The minimum absolute atomic E-state index is 0.0752. The fraction of sp³-hybridized carbons (Fsp3) is 0.393. The molecule has 1 fully saturated rings. The largest absolute Gasteiger partial charge is 0.481 e. The van der Waals surface area contributed by atoms with Crippen molar-refractivity contribution >= 4 is 27.8 Å². The summed E-state index contributed by atoms with van der Waals surface area (Å²) in [7, 11) is 0. The highest BCUT2D eigenvalue weighted by atomic mass is 19.1. The number of aryl methyl sites for hydroxylation is 1. The zero-order valence-corrected chi connectivity index (χ0v) is 20.5. The molecule has 36 heavy (non-hydrogen) atoms. The van der Waals surface area contributed by atoms with Crippen molar-refractivity contribution in [2.45, 2.75) is 64.2 Å². The van der Waals surface area contributed by atoms with E-state index in [-0.39, 0.29) is 18.2 Å². The Morgan fingerprint density at radius 1 is 1.25 bits per heavy atom. The number of carbonyl (C=O) groups is 1. The molecule has 186 valence electrons. The monoisotopic (exact) mass is 490 g/mol. The molecule has 0 saturated heterocycles. The Bertz CT molecular complexity index is 1530. The highest BCUT2D eigenvalue weighted by molar-refractivity contribution is 6.00. The molecule has 0 atom stereocenters. The number of halogens is 2. The summed E-state index contributed by atoms with van der Waals surface area (Å²) in [6.07, 6.45) is 4.00. The van der Waals surface area contributed by atoms with Gasteiger partial charge in [0, 0.05) is 34.0 Å². The summed E-state index contributed by atoms with van der Waals surface area (Å²) >= 11 is 0. The van der Waals surface area contributed by atoms with Crippen molar-refractivity contribution in [2.24, 2.45) is 5.92 Å². The average molecular weight is 491 g/mol. The number of nitrogens with one attached hydrogen (secondary N) is 1. The smallest absolute Gasteiger partial charge is 0.306 e. The molecule has 8 heteroatoms. The average Bonchev–Trinajstić information content (AvgIpc) is 3.45. The second kappa shape index (κ2) is 8.74. The summed E-state index contributed by atoms with van der Waals surface area (Å²) < 4.78 is 32.4. The molecular weight excluding hydrogens is 462 g/mol. The van der Waals surface area contributed by atoms with Crippen molar-refractivity contribution in [3.05, 3.63) is 58.9 Å². The van der Waals surface area contributed by atoms with Gasteiger partial charge < -0.3 is 9.67 Å². The van der Waals surface area contributed by atoms with E-state index in [1.54, 1.807) is 25.3 Å². The number of aromatic nitrogens is 3. The third kappa shape index (κ3) is 3.74. The van der Waals surface area contributed by atoms with Crippen LogP contribution in [0.2, 0.25) is 0 Å². The zero-order chi connectivity index (χ0) is 25.8. The maximum Gasteiger partial charge on any atom is 0.306 e. The van der Waals surface area contributed by atoms with E-state index in [4.69, 9.17) is 0 Å². The molecule has 1 aliphatic carbocycles. The summed E-state index contributed by atoms with van der Waals surface area (Å²) in [5.41, 5.74) is 3.05. The Kier molecular flexibility index (Phi) is 5.82. The Labute approximate surface area is 207 Å². The first-order chi connectivity index (χ1) is 17.1. The Balaban J connectivity index is 1.88. The quantitative estimate of drug-likeness (QED) is 0.328. The van der Waals surface area contributed by atoms with Gasteiger partial charge in [0.1, 0.15) is 11.3 Å². The molecule has 0 spiro atoms. The molecule has 0 amide bonds. The predicted octanol–water partition coefficient (Wildman–Crippen LogP) is 6.64. The van der Waals surface area contributed by atoms with Gasteiger partial charge in [-0.05, 0) is 73.9 Å². The van der Waals surface area contributed by atoms with Gasteiger partial charge in [-0.2, -0.15) is 10.4 Å². The Hall–Kier alpha value is -3.73. The number of carboxylic acid groups (broad SMARTS) is 1. The summed E-state index contributed by atoms with van der Waals surface area (Å²) in [5.74, 6) is -2.03. The van der Waals surface area contributed by atoms with Crippen molar-refractivity contribution in [3.63, 3.8) is 0 Å². The molecule has 6 nitrogen and oxygen atoms in total. The van der Waals surface area contributed by atoms with Crippen molar-refractivity contribution in [2.75, 3.05) is 0 Å². The van der Waals surface area contributed by atoms with Gasteiger partial charge in [-0.15, -0.1) is 0 Å². The van der Waals surface area contributed by atoms with Gasteiger partial charge in [-0.1, -0.05) is 13.8 Å². The van der Waals surface area contributed by atoms with Crippen LogP contribution in [0.1, 0.15) is 68.7 Å². The van der Waals surface area contributed by atoms with Gasteiger partial charge in [-0.25, -0.2) is 8.78 Å². The Morgan fingerprint density at radius 3 is 2.61 bits per heavy atom. The number of aromatic amines is 1. The van der Waals surface area contributed by atoms with Crippen LogP contribution in [-0.4, -0.2) is 25.8 Å². The molecule has 5 rings (SSSR count). The van der Waals surface area contributed by atoms with Crippen molar-refractivity contribution in [1.29, 1.82) is 5.26 Å². The van der Waals surface area contributed by atoms with Gasteiger partial charge in [0.15, 0.2) is 5.82 Å². The number of aliphatic carboxylic acids is 1. The minimum Gasteiger partial charge on any atom is -0.481 e. The zero-order valence-electron chi connectivity index (χ0n) is 20.5. The number of hydrogen-bond acceptors (Lipinski definition) is 3. The lowest BCUT2D eigenvalue weighted by atomic mass is 9.74. The minimum atomic E-state index is -0.798. The second-order valence-electron chi connectivity index (χ2n) is 10.6. The summed E-state index contributed by atoms with van der Waals surface area (Å²) in [5, 5.41) is 27.1. The molecule has 0 aliphatic heterocycles. The molecule has 1 aliphatic rings. The number of nitrogens with zero attached hydrogens (tertiary/aromatic N) is 3. The van der Waals surface area contributed by atoms with Crippen molar-refractivity contribution < 1.29 is 18.7 Å². The van der Waals surface area contributed by atoms with E-state index in [0.29, 0.717) is 58.7 Å². The highest BCUT2D eigenvalue weighted by Gasteiger charge is 2.38. The van der Waals surface area contributed by atoms with Gasteiger partial charge in [0.25, 0.3) is 0 Å². The summed E-state index contributed by atoms with van der Waals surface area (Å²) in [4.78, 5) is 11.6. The maximum absolute atomic E-state index is 16.2. The third-order valence-corrected chi connectivity index (χ3v) is 7.69. The molecule has 2 N–H and O–H groups in total. The highest BCUT2D eigenvalue weighted by Crippen LogP contribution is 2.48. The number of rotatable bonds is 5. The van der Waals surface area contributed by atoms with Gasteiger partial charge in [-0.3, -0.25) is 9.89 Å². The van der Waals surface area contributed by atoms with Crippen LogP contribution in [0, 0.1) is 35.8 Å². The van der Waals surface area contributed by atoms with E-state index in [1.807, 2.05) is 24.5 Å². The first-order valence-corrected chi connectivity index (χ1v) is 12.2. The van der Waals surface area contributed by atoms with Crippen LogP contribution < -0.4 is 0 Å². The normalized spacial score (nSPS) is 18.6. The third-order valence-electron chi connectivity index (χ3n) is 7.69. The van der Waals surface area contributed by atoms with E-state index in [0.717, 1.165) is 11.3 Å². The van der Waals surface area contributed by atoms with Crippen molar-refractivity contribution in [3.8, 4) is 11.8 Å². The fourth-order valence-corrected chi connectivity index (χ4v) is 5.84. The van der Waals surface area contributed by atoms with Gasteiger partial charge in [0.2, 0.25) is 0 Å². The number of benzene rings is 2. The van der Waals surface area contributed by atoms with E-state index < -0.39 is 23.1 Å². The molecule has 4 aromatic rings. The number of carboxylic acids is 1. The molecule has 0 unspecified atom stereocenters. The molecule has 2 aromatic carbocycles. The lowest BCUT2D eigenvalue weighted by Gasteiger charge is -2.32. The van der Waals surface area contributed by atoms with Crippen LogP contribution >= 0.6 is 0 Å². The second-order valence-corrected chi connectivity index (χ2v) is 10.6. The molecule has 0 bridgehead atoms. The molecule has 0 radical (unpaired) electrons. The number of nitriles is 1. The first-order valence-electron chi connectivity index (χ1n) is 12.2. The van der Waals surface area contributed by atoms with E-state index in [1.165, 1.54) is 6.07 Å². The number of H-pyrrole nitrogens is 1. The van der Waals surface area contributed by atoms with E-state index in [2.05, 4.69) is 16.3 Å². The van der Waals surface area contributed by atoms with Crippen LogP contribution in [0.3, 0.4) is 0 Å². The van der Waals surface area contributed by atoms with Gasteiger partial charge in [0.05, 0.1) is 23.7 Å². The first kappa shape index (κ1) is 24.0. The molecule has 2 heterocycles. The van der Waals surface area contributed by atoms with Crippen LogP contribution in [0.4, 0.5) is 8.78 Å². The summed E-state index contributed by atoms with van der Waals surface area (Å²) in [6, 6.07) is 8.99. The lowest BCUT2D eigenvalue weighted by molar-refractivity contribution is -0.142. The number of fused-ring (bicyclic) bond motifs is 2. The van der Waals surface area contributed by atoms with E-state index in [9.17, 15) is 19.6 Å². The molecule has 2 aromatic heterocycles. The predicted molar refractivity (Wildman–Crippen MR) is 133 cm³/mol. The molecular formula is C28H28F2N4O2. The SMILES string of the molecule is Cc1cc(-n2c(C(C)(C)CC#N)c([C@H]3CC[C@H](C(=O)O)CC3)c3c(F)c4[nH]ncc4cc32)ccc1F. The van der Waals surface area contributed by atoms with Crippen LogP contribution in [0.15, 0.2) is 30.5 Å². The van der Waals surface area contributed by atoms with Gasteiger partial charge >= 0.3 is 5.97 Å². The van der Waals surface area contributed by atoms with Crippen molar-refractivity contribution in [1.82, 2.24) is 14.8 Å². The topological polar surface area (TPSA) is 94.7 Å². The van der Waals surface area contributed by atoms with Crippen LogP contribution in [0.25, 0.3) is 27.5 Å². The standard InChI is InChI=1S/C28H28F2N4O2/c1-15-12-19(8-9-20(15)29)34-21-13-18-14-32-33-25(18)24(30)23(21)22(26(34)28(2,3)10-11-31)16-4-6-17(7-5-16)27(35)36/h8-9,12-14,16-17H,4-7,10H2,1-3H3,(H,32,33)(H,35,36)/t16-,17-. The lowest BCUT2D eigenvalue weighted by Crippen LogP contribution is -2.26. The maximum atomic E-state index is 16.2. The summed E-state index contributed by atoms with van der Waals surface area (Å²) in [6.45, 7) is 5.62. The van der Waals surface area contributed by atoms with Crippen LogP contribution in [0.5, 0.6) is 0 Å². The number of hydrogen-bond donors (Lipinski definition) is 2. The van der Waals surface area contributed by atoms with Crippen LogP contribution in [-0.2, 0) is 10.2 Å².